The highest BCUT2D eigenvalue weighted by Crippen LogP contribution is 2.19. The number of nitrogens with zero attached hydrogens (tertiary/aromatic N) is 2. The van der Waals surface area contributed by atoms with E-state index in [0.29, 0.717) is 6.42 Å². The highest BCUT2D eigenvalue weighted by Gasteiger charge is 2.14. The van der Waals surface area contributed by atoms with E-state index >= 15 is 0 Å². The summed E-state index contributed by atoms with van der Waals surface area (Å²) < 4.78 is 1.83. The standard InChI is InChI=1S/C18H18N2O/c1-12-8-9-14(10-13(12)2)18(21)11-16-15-6-4-5-7-17(15)20(3)19-16/h4-10H,11H2,1-3H3. The number of benzene rings is 2. The van der Waals surface area contributed by atoms with E-state index in [1.807, 2.05) is 61.1 Å². The summed E-state index contributed by atoms with van der Waals surface area (Å²) in [5.74, 6) is 0.113. The van der Waals surface area contributed by atoms with E-state index in [-0.39, 0.29) is 5.78 Å². The van der Waals surface area contributed by atoms with Gasteiger partial charge in [0, 0.05) is 18.0 Å². The predicted molar refractivity (Wildman–Crippen MR) is 84.7 cm³/mol. The Morgan fingerprint density at radius 2 is 1.86 bits per heavy atom. The molecule has 21 heavy (non-hydrogen) atoms. The Bertz CT molecular complexity index is 830. The smallest absolute Gasteiger partial charge is 0.168 e. The summed E-state index contributed by atoms with van der Waals surface area (Å²) in [6, 6.07) is 13.9. The Labute approximate surface area is 124 Å². The third kappa shape index (κ3) is 2.47. The molecule has 1 heterocycles. The van der Waals surface area contributed by atoms with Gasteiger partial charge >= 0.3 is 0 Å². The lowest BCUT2D eigenvalue weighted by atomic mass is 10.0. The van der Waals surface area contributed by atoms with Crippen LogP contribution in [0.25, 0.3) is 10.9 Å². The van der Waals surface area contributed by atoms with Gasteiger partial charge in [0.05, 0.1) is 17.6 Å². The van der Waals surface area contributed by atoms with Crippen LogP contribution < -0.4 is 0 Å². The predicted octanol–water partition coefficient (Wildman–Crippen LogP) is 3.62. The fourth-order valence-corrected chi connectivity index (χ4v) is 2.59. The molecule has 0 saturated carbocycles. The largest absolute Gasteiger partial charge is 0.294 e. The van der Waals surface area contributed by atoms with E-state index in [4.69, 9.17) is 0 Å². The number of aryl methyl sites for hydroxylation is 3. The average molecular weight is 278 g/mol. The molecule has 0 radical (unpaired) electrons. The van der Waals surface area contributed by atoms with Crippen molar-refractivity contribution in [3.8, 4) is 0 Å². The number of aromatic nitrogens is 2. The first-order chi connectivity index (χ1) is 10.1. The molecule has 3 rings (SSSR count). The van der Waals surface area contributed by atoms with Crippen molar-refractivity contribution in [2.45, 2.75) is 20.3 Å². The zero-order valence-electron chi connectivity index (χ0n) is 12.6. The number of fused-ring (bicyclic) bond motifs is 1. The van der Waals surface area contributed by atoms with E-state index in [2.05, 4.69) is 12.0 Å². The molecule has 1 aromatic heterocycles. The quantitative estimate of drug-likeness (QED) is 0.686. The molecular formula is C18H18N2O. The Kier molecular flexibility index (Phi) is 3.34. The van der Waals surface area contributed by atoms with Crippen LogP contribution in [0.15, 0.2) is 42.5 Å². The lowest BCUT2D eigenvalue weighted by molar-refractivity contribution is 0.0992. The van der Waals surface area contributed by atoms with Crippen LogP contribution in [0.1, 0.15) is 27.2 Å². The molecule has 0 amide bonds. The zero-order chi connectivity index (χ0) is 15.0. The number of hydrogen-bond donors (Lipinski definition) is 0. The Hall–Kier alpha value is -2.42. The average Bonchev–Trinajstić information content (AvgIpc) is 2.79. The summed E-state index contributed by atoms with van der Waals surface area (Å²) in [6.45, 7) is 4.08. The van der Waals surface area contributed by atoms with Crippen LogP contribution in [0.3, 0.4) is 0 Å². The Morgan fingerprint density at radius 3 is 2.62 bits per heavy atom. The molecule has 0 saturated heterocycles. The zero-order valence-corrected chi connectivity index (χ0v) is 12.6. The van der Waals surface area contributed by atoms with E-state index in [1.54, 1.807) is 0 Å². The van der Waals surface area contributed by atoms with Crippen LogP contribution >= 0.6 is 0 Å². The molecule has 3 aromatic rings. The summed E-state index contributed by atoms with van der Waals surface area (Å²) in [5, 5.41) is 5.54. The van der Waals surface area contributed by atoms with Gasteiger partial charge < -0.3 is 0 Å². The SMILES string of the molecule is Cc1ccc(C(=O)Cc2nn(C)c3ccccc23)cc1C. The van der Waals surface area contributed by atoms with Gasteiger partial charge in [-0.1, -0.05) is 30.3 Å². The van der Waals surface area contributed by atoms with Gasteiger partial charge in [-0.25, -0.2) is 0 Å². The minimum absolute atomic E-state index is 0.113. The van der Waals surface area contributed by atoms with Gasteiger partial charge in [0.1, 0.15) is 0 Å². The van der Waals surface area contributed by atoms with Crippen molar-refractivity contribution in [1.29, 1.82) is 0 Å². The Morgan fingerprint density at radius 1 is 1.10 bits per heavy atom. The fraction of sp³-hybridized carbons (Fsp3) is 0.222. The van der Waals surface area contributed by atoms with Crippen LogP contribution in [0, 0.1) is 13.8 Å². The molecule has 0 fully saturated rings. The third-order valence-corrected chi connectivity index (χ3v) is 3.99. The van der Waals surface area contributed by atoms with Crippen molar-refractivity contribution >= 4 is 16.7 Å². The molecule has 0 aliphatic carbocycles. The first kappa shape index (κ1) is 13.6. The summed E-state index contributed by atoms with van der Waals surface area (Å²) in [4.78, 5) is 12.5. The van der Waals surface area contributed by atoms with E-state index in [1.165, 1.54) is 5.56 Å². The van der Waals surface area contributed by atoms with Crippen molar-refractivity contribution in [1.82, 2.24) is 9.78 Å². The molecular weight excluding hydrogens is 260 g/mol. The maximum atomic E-state index is 12.5. The van der Waals surface area contributed by atoms with Crippen LogP contribution in [0.4, 0.5) is 0 Å². The maximum Gasteiger partial charge on any atom is 0.168 e. The number of ketones is 1. The highest BCUT2D eigenvalue weighted by atomic mass is 16.1. The number of rotatable bonds is 3. The van der Waals surface area contributed by atoms with Gasteiger partial charge in [-0.3, -0.25) is 9.48 Å². The topological polar surface area (TPSA) is 34.9 Å². The maximum absolute atomic E-state index is 12.5. The van der Waals surface area contributed by atoms with E-state index in [0.717, 1.165) is 27.7 Å². The molecule has 0 bridgehead atoms. The van der Waals surface area contributed by atoms with Crippen LogP contribution in [-0.2, 0) is 13.5 Å². The second-order valence-corrected chi connectivity index (χ2v) is 5.49. The minimum atomic E-state index is 0.113. The molecule has 3 heteroatoms. The van der Waals surface area contributed by atoms with Gasteiger partial charge in [0.25, 0.3) is 0 Å². The molecule has 2 aromatic carbocycles. The molecule has 0 aliphatic rings. The summed E-state index contributed by atoms with van der Waals surface area (Å²) >= 11 is 0. The van der Waals surface area contributed by atoms with E-state index < -0.39 is 0 Å². The van der Waals surface area contributed by atoms with Crippen molar-refractivity contribution < 1.29 is 4.79 Å². The molecule has 0 spiro atoms. The Balaban J connectivity index is 1.94. The number of Topliss-reactive ketones (excluding diaryl/α,β-unsaturated/α-hetero) is 1. The molecule has 0 unspecified atom stereocenters. The molecule has 106 valence electrons. The van der Waals surface area contributed by atoms with Crippen molar-refractivity contribution in [3.63, 3.8) is 0 Å². The van der Waals surface area contributed by atoms with E-state index in [9.17, 15) is 4.79 Å². The number of carbonyl (C=O) groups is 1. The van der Waals surface area contributed by atoms with Gasteiger partial charge in [-0.15, -0.1) is 0 Å². The second kappa shape index (κ2) is 5.17. The van der Waals surface area contributed by atoms with Gasteiger partial charge in [0.2, 0.25) is 0 Å². The van der Waals surface area contributed by atoms with Gasteiger partial charge in [-0.2, -0.15) is 5.10 Å². The number of carbonyl (C=O) groups excluding carboxylic acids is 1. The minimum Gasteiger partial charge on any atom is -0.294 e. The lowest BCUT2D eigenvalue weighted by Crippen LogP contribution is -2.05. The first-order valence-corrected chi connectivity index (χ1v) is 7.07. The summed E-state index contributed by atoms with van der Waals surface area (Å²) in [6.07, 6.45) is 0.337. The number of para-hydroxylation sites is 1. The second-order valence-electron chi connectivity index (χ2n) is 5.49. The molecule has 0 aliphatic heterocycles. The van der Waals surface area contributed by atoms with Crippen molar-refractivity contribution in [2.75, 3.05) is 0 Å². The molecule has 0 atom stereocenters. The van der Waals surface area contributed by atoms with Crippen LogP contribution in [0.5, 0.6) is 0 Å². The number of hydrogen-bond acceptors (Lipinski definition) is 2. The van der Waals surface area contributed by atoms with Gasteiger partial charge in [0.15, 0.2) is 5.78 Å². The monoisotopic (exact) mass is 278 g/mol. The first-order valence-electron chi connectivity index (χ1n) is 7.07. The third-order valence-electron chi connectivity index (χ3n) is 3.99. The molecule has 0 N–H and O–H groups in total. The van der Waals surface area contributed by atoms with Gasteiger partial charge in [-0.05, 0) is 37.1 Å². The van der Waals surface area contributed by atoms with Crippen LogP contribution in [0.2, 0.25) is 0 Å². The lowest BCUT2D eigenvalue weighted by Gasteiger charge is -2.04. The normalized spacial score (nSPS) is 11.0. The summed E-state index contributed by atoms with van der Waals surface area (Å²) in [7, 11) is 1.91. The van der Waals surface area contributed by atoms with Crippen molar-refractivity contribution in [3.05, 3.63) is 64.8 Å². The summed E-state index contributed by atoms with van der Waals surface area (Å²) in [5.41, 5.74) is 5.01. The fourth-order valence-electron chi connectivity index (χ4n) is 2.59. The molecule has 3 nitrogen and oxygen atoms in total. The highest BCUT2D eigenvalue weighted by molar-refractivity contribution is 5.99. The van der Waals surface area contributed by atoms with Crippen molar-refractivity contribution in [2.24, 2.45) is 7.05 Å². The van der Waals surface area contributed by atoms with Crippen LogP contribution in [-0.4, -0.2) is 15.6 Å².